The van der Waals surface area contributed by atoms with E-state index in [1.807, 2.05) is 30.0 Å². The van der Waals surface area contributed by atoms with Gasteiger partial charge < -0.3 is 25.4 Å². The Kier molecular flexibility index (Phi) is 8.32. The highest BCUT2D eigenvalue weighted by atomic mass is 16.5. The first kappa shape index (κ1) is 24.1. The quantitative estimate of drug-likeness (QED) is 0.462. The van der Waals surface area contributed by atoms with Crippen LogP contribution in [0.3, 0.4) is 0 Å². The summed E-state index contributed by atoms with van der Waals surface area (Å²) < 4.78 is 5.89. The minimum absolute atomic E-state index is 0.0644. The van der Waals surface area contributed by atoms with Gasteiger partial charge in [-0.2, -0.15) is 5.26 Å². The van der Waals surface area contributed by atoms with E-state index in [9.17, 15) is 9.90 Å². The van der Waals surface area contributed by atoms with E-state index in [2.05, 4.69) is 27.2 Å². The number of carbonyl (C=O) groups excluding carboxylic acids is 1. The molecule has 174 valence electrons. The molecule has 3 rings (SSSR count). The van der Waals surface area contributed by atoms with Gasteiger partial charge in [-0.3, -0.25) is 9.69 Å². The van der Waals surface area contributed by atoms with Crippen molar-refractivity contribution in [3.05, 3.63) is 54.4 Å². The van der Waals surface area contributed by atoms with E-state index >= 15 is 0 Å². The summed E-state index contributed by atoms with van der Waals surface area (Å²) in [5, 5.41) is 25.8. The molecule has 0 saturated carbocycles. The average molecular weight is 452 g/mol. The maximum atomic E-state index is 11.8. The second-order valence-corrected chi connectivity index (χ2v) is 8.01. The van der Waals surface area contributed by atoms with Crippen LogP contribution in [0.25, 0.3) is 0 Å². The standard InChI is InChI=1S/C23H29N7O3/c1-4-21(31)28-19-6-5-17(11-20(19)33-10-9-29(2)3)22(32)30-8-7-18(15-30)27-23-25-13-16(12-24)14-26-23/h4-6,11,13-14,18,22,32H,1,7-10,15H2,2-3H3,(H,28,31)(H,25,26,27)/t18-,22?/m1/s1. The maximum absolute atomic E-state index is 11.8. The highest BCUT2D eigenvalue weighted by Crippen LogP contribution is 2.31. The van der Waals surface area contributed by atoms with Gasteiger partial charge in [-0.15, -0.1) is 0 Å². The van der Waals surface area contributed by atoms with Crippen molar-refractivity contribution in [1.82, 2.24) is 19.8 Å². The number of hydrogen-bond donors (Lipinski definition) is 3. The van der Waals surface area contributed by atoms with E-state index < -0.39 is 6.23 Å². The molecule has 1 aromatic heterocycles. The molecular formula is C23H29N7O3. The Morgan fingerprint density at radius 1 is 1.45 bits per heavy atom. The van der Waals surface area contributed by atoms with Crippen LogP contribution in [0.2, 0.25) is 0 Å². The molecular weight excluding hydrogens is 422 g/mol. The molecule has 33 heavy (non-hydrogen) atoms. The van der Waals surface area contributed by atoms with Crippen molar-refractivity contribution in [3.8, 4) is 11.8 Å². The first-order chi connectivity index (χ1) is 15.9. The molecule has 1 fully saturated rings. The average Bonchev–Trinajstić information content (AvgIpc) is 3.28. The van der Waals surface area contributed by atoms with Crippen LogP contribution < -0.4 is 15.4 Å². The number of benzene rings is 1. The molecule has 2 heterocycles. The number of nitrogens with zero attached hydrogens (tertiary/aromatic N) is 5. The predicted molar refractivity (Wildman–Crippen MR) is 125 cm³/mol. The molecule has 1 aliphatic rings. The second-order valence-electron chi connectivity index (χ2n) is 8.01. The molecule has 0 radical (unpaired) electrons. The monoisotopic (exact) mass is 451 g/mol. The lowest BCUT2D eigenvalue weighted by Gasteiger charge is -2.24. The summed E-state index contributed by atoms with van der Waals surface area (Å²) in [6.45, 7) is 5.90. The molecule has 10 heteroatoms. The van der Waals surface area contributed by atoms with Gasteiger partial charge in [-0.1, -0.05) is 12.6 Å². The Bertz CT molecular complexity index is 1000. The summed E-state index contributed by atoms with van der Waals surface area (Å²) in [7, 11) is 3.90. The molecule has 3 N–H and O–H groups in total. The van der Waals surface area contributed by atoms with E-state index in [0.717, 1.165) is 6.42 Å². The summed E-state index contributed by atoms with van der Waals surface area (Å²) >= 11 is 0. The minimum Gasteiger partial charge on any atom is -0.490 e. The van der Waals surface area contributed by atoms with Crippen molar-refractivity contribution in [1.29, 1.82) is 5.26 Å². The largest absolute Gasteiger partial charge is 0.490 e. The molecule has 0 spiro atoms. The van der Waals surface area contributed by atoms with Crippen LogP contribution in [0.5, 0.6) is 5.75 Å². The van der Waals surface area contributed by atoms with Gasteiger partial charge in [0, 0.05) is 25.7 Å². The van der Waals surface area contributed by atoms with Crippen LogP contribution >= 0.6 is 0 Å². The lowest BCUT2D eigenvalue weighted by Crippen LogP contribution is -2.30. The number of aliphatic hydroxyl groups excluding tert-OH is 1. The van der Waals surface area contributed by atoms with Gasteiger partial charge in [-0.05, 0) is 44.3 Å². The maximum Gasteiger partial charge on any atom is 0.247 e. The number of aromatic nitrogens is 2. The third-order valence-electron chi connectivity index (χ3n) is 5.22. The third kappa shape index (κ3) is 6.73. The van der Waals surface area contributed by atoms with Crippen molar-refractivity contribution in [2.24, 2.45) is 0 Å². The zero-order valence-corrected chi connectivity index (χ0v) is 18.9. The number of nitrogens with one attached hydrogen (secondary N) is 2. The van der Waals surface area contributed by atoms with Gasteiger partial charge in [0.05, 0.1) is 23.6 Å². The molecule has 1 amide bonds. The van der Waals surface area contributed by atoms with Crippen LogP contribution in [0, 0.1) is 11.3 Å². The summed E-state index contributed by atoms with van der Waals surface area (Å²) in [6, 6.07) is 7.31. The van der Waals surface area contributed by atoms with Crippen LogP contribution in [0.1, 0.15) is 23.8 Å². The number of likely N-dealkylation sites (N-methyl/N-ethyl adjacent to an activating group) is 1. The topological polar surface area (TPSA) is 127 Å². The highest BCUT2D eigenvalue weighted by Gasteiger charge is 2.29. The van der Waals surface area contributed by atoms with E-state index in [0.29, 0.717) is 54.8 Å². The smallest absolute Gasteiger partial charge is 0.247 e. The number of anilines is 2. The van der Waals surface area contributed by atoms with E-state index in [1.54, 1.807) is 18.2 Å². The van der Waals surface area contributed by atoms with Crippen molar-refractivity contribution in [2.45, 2.75) is 18.7 Å². The summed E-state index contributed by atoms with van der Waals surface area (Å²) in [4.78, 5) is 24.0. The molecule has 10 nitrogen and oxygen atoms in total. The zero-order valence-electron chi connectivity index (χ0n) is 18.9. The number of aliphatic hydroxyl groups is 1. The fourth-order valence-electron chi connectivity index (χ4n) is 3.43. The predicted octanol–water partition coefficient (Wildman–Crippen LogP) is 1.59. The molecule has 2 atom stereocenters. The van der Waals surface area contributed by atoms with Crippen LogP contribution in [0.15, 0.2) is 43.2 Å². The molecule has 2 aromatic rings. The van der Waals surface area contributed by atoms with Gasteiger partial charge in [0.25, 0.3) is 0 Å². The normalized spacial score (nSPS) is 16.8. The molecule has 1 aliphatic heterocycles. The lowest BCUT2D eigenvalue weighted by atomic mass is 10.1. The number of likely N-dealkylation sites (tertiary alicyclic amines) is 1. The Morgan fingerprint density at radius 2 is 2.21 bits per heavy atom. The first-order valence-corrected chi connectivity index (χ1v) is 10.6. The number of ether oxygens (including phenoxy) is 1. The van der Waals surface area contributed by atoms with Crippen molar-refractivity contribution < 1.29 is 14.6 Å². The summed E-state index contributed by atoms with van der Waals surface area (Å²) in [5.41, 5.74) is 1.59. The Labute approximate surface area is 193 Å². The Hall–Kier alpha value is -3.52. The van der Waals surface area contributed by atoms with Gasteiger partial charge in [0.1, 0.15) is 24.7 Å². The Balaban J connectivity index is 1.67. The molecule has 1 aromatic carbocycles. The van der Waals surface area contributed by atoms with Crippen molar-refractivity contribution >= 4 is 17.5 Å². The van der Waals surface area contributed by atoms with Gasteiger partial charge in [-0.25, -0.2) is 9.97 Å². The van der Waals surface area contributed by atoms with Gasteiger partial charge >= 0.3 is 0 Å². The number of carbonyl (C=O) groups is 1. The zero-order chi connectivity index (χ0) is 23.8. The number of nitriles is 1. The van der Waals surface area contributed by atoms with Gasteiger partial charge in [0.2, 0.25) is 11.9 Å². The molecule has 0 aliphatic carbocycles. The first-order valence-electron chi connectivity index (χ1n) is 10.6. The lowest BCUT2D eigenvalue weighted by molar-refractivity contribution is -0.111. The van der Waals surface area contributed by atoms with Crippen LogP contribution in [-0.4, -0.2) is 77.2 Å². The SMILES string of the molecule is C=CC(=O)Nc1ccc(C(O)N2CC[C@@H](Nc3ncc(C#N)cn3)C2)cc1OCCN(C)C. The van der Waals surface area contributed by atoms with Crippen molar-refractivity contribution in [3.63, 3.8) is 0 Å². The van der Waals surface area contributed by atoms with E-state index in [4.69, 9.17) is 10.00 Å². The molecule has 1 unspecified atom stereocenters. The summed E-state index contributed by atoms with van der Waals surface area (Å²) in [5.74, 6) is 0.608. The third-order valence-corrected chi connectivity index (χ3v) is 5.22. The summed E-state index contributed by atoms with van der Waals surface area (Å²) in [6.07, 6.45) is 4.11. The Morgan fingerprint density at radius 3 is 2.88 bits per heavy atom. The number of hydrogen-bond acceptors (Lipinski definition) is 9. The van der Waals surface area contributed by atoms with Crippen LogP contribution in [0.4, 0.5) is 11.6 Å². The number of rotatable bonds is 10. The molecule has 0 bridgehead atoms. The van der Waals surface area contributed by atoms with E-state index in [1.165, 1.54) is 18.5 Å². The van der Waals surface area contributed by atoms with E-state index in [-0.39, 0.29) is 11.9 Å². The highest BCUT2D eigenvalue weighted by molar-refractivity contribution is 5.99. The second kappa shape index (κ2) is 11.4. The fraction of sp³-hybridized carbons (Fsp3) is 0.391. The fourth-order valence-corrected chi connectivity index (χ4v) is 3.43. The van der Waals surface area contributed by atoms with Crippen LogP contribution in [-0.2, 0) is 4.79 Å². The minimum atomic E-state index is -0.834. The number of amides is 1. The molecule has 1 saturated heterocycles. The van der Waals surface area contributed by atoms with Gasteiger partial charge in [0.15, 0.2) is 0 Å². The van der Waals surface area contributed by atoms with Crippen molar-refractivity contribution in [2.75, 3.05) is 51.0 Å².